The summed E-state index contributed by atoms with van der Waals surface area (Å²) in [6.07, 6.45) is 1.26. The van der Waals surface area contributed by atoms with Crippen molar-refractivity contribution in [3.05, 3.63) is 65.1 Å². The molecule has 5 rings (SSSR count). The van der Waals surface area contributed by atoms with Crippen molar-refractivity contribution < 1.29 is 13.9 Å². The monoisotopic (exact) mass is 421 g/mol. The van der Waals surface area contributed by atoms with E-state index in [1.807, 2.05) is 66.4 Å². The van der Waals surface area contributed by atoms with Gasteiger partial charge in [-0.25, -0.2) is 4.79 Å². The fourth-order valence-corrected chi connectivity index (χ4v) is 4.80. The van der Waals surface area contributed by atoms with Crippen LogP contribution in [0.4, 0.5) is 5.69 Å². The minimum Gasteiger partial charge on any atom is -0.408 e. The number of rotatable bonds is 4. The lowest BCUT2D eigenvalue weighted by atomic mass is 9.88. The smallest absolute Gasteiger partial charge is 0.408 e. The second kappa shape index (κ2) is 7.98. The van der Waals surface area contributed by atoms with E-state index in [1.165, 1.54) is 0 Å². The zero-order valence-electron chi connectivity index (χ0n) is 17.7. The maximum absolute atomic E-state index is 12.7. The molecular weight excluding hydrogens is 394 g/mol. The molecule has 7 nitrogen and oxygen atoms in total. The van der Waals surface area contributed by atoms with Crippen molar-refractivity contribution in [2.24, 2.45) is 0 Å². The summed E-state index contributed by atoms with van der Waals surface area (Å²) in [5, 5.41) is 0. The molecule has 2 fully saturated rings. The Kier molecular flexibility index (Phi) is 5.16. The number of piperidine rings is 1. The summed E-state index contributed by atoms with van der Waals surface area (Å²) < 4.78 is 13.3. The molecule has 0 saturated carbocycles. The second-order valence-electron chi connectivity index (χ2n) is 8.53. The number of nitrogens with zero attached hydrogens (tertiary/aromatic N) is 3. The van der Waals surface area contributed by atoms with E-state index in [9.17, 15) is 9.59 Å². The highest BCUT2D eigenvalue weighted by Gasteiger charge is 2.45. The maximum atomic E-state index is 12.7. The van der Waals surface area contributed by atoms with Gasteiger partial charge in [0.15, 0.2) is 5.58 Å². The predicted molar refractivity (Wildman–Crippen MR) is 118 cm³/mol. The zero-order valence-corrected chi connectivity index (χ0v) is 17.7. The predicted octanol–water partition coefficient (Wildman–Crippen LogP) is 2.88. The number of hydrogen-bond acceptors (Lipinski definition) is 5. The van der Waals surface area contributed by atoms with Gasteiger partial charge in [0.25, 0.3) is 5.91 Å². The summed E-state index contributed by atoms with van der Waals surface area (Å²) >= 11 is 0. The first-order valence-electron chi connectivity index (χ1n) is 10.9. The first kappa shape index (κ1) is 20.0. The largest absolute Gasteiger partial charge is 0.419 e. The van der Waals surface area contributed by atoms with Gasteiger partial charge >= 0.3 is 5.76 Å². The third kappa shape index (κ3) is 3.79. The first-order chi connectivity index (χ1) is 15.0. The summed E-state index contributed by atoms with van der Waals surface area (Å²) in [6, 6.07) is 17.3. The fourth-order valence-electron chi connectivity index (χ4n) is 4.80. The van der Waals surface area contributed by atoms with Crippen molar-refractivity contribution in [2.45, 2.75) is 38.0 Å². The number of morpholine rings is 1. The standard InChI is InChI=1S/C24H27N3O4/c1-18-22(28)27(19-7-3-2-4-8-19)17-24(31-18)11-13-25(14-12-24)15-16-26-20-9-5-6-10-21(20)30-23(26)29/h2-10,18H,11-17H2,1H3. The minimum absolute atomic E-state index is 0.0189. The Morgan fingerprint density at radius 2 is 1.68 bits per heavy atom. The third-order valence-electron chi connectivity index (χ3n) is 6.54. The number of ether oxygens (including phenoxy) is 1. The lowest BCUT2D eigenvalue weighted by molar-refractivity contribution is -0.161. The molecule has 162 valence electrons. The van der Waals surface area contributed by atoms with Gasteiger partial charge in [0.2, 0.25) is 0 Å². The van der Waals surface area contributed by atoms with Crippen molar-refractivity contribution in [3.63, 3.8) is 0 Å². The van der Waals surface area contributed by atoms with Gasteiger partial charge in [0, 0.05) is 31.9 Å². The van der Waals surface area contributed by atoms with Gasteiger partial charge in [0.1, 0.15) is 6.10 Å². The molecule has 31 heavy (non-hydrogen) atoms. The van der Waals surface area contributed by atoms with Crippen LogP contribution in [0.3, 0.4) is 0 Å². The van der Waals surface area contributed by atoms with Crippen LogP contribution in [-0.2, 0) is 16.1 Å². The van der Waals surface area contributed by atoms with Crippen molar-refractivity contribution >= 4 is 22.7 Å². The van der Waals surface area contributed by atoms with Crippen LogP contribution < -0.4 is 10.7 Å². The molecule has 0 radical (unpaired) electrons. The Balaban J connectivity index is 1.25. The third-order valence-corrected chi connectivity index (χ3v) is 6.54. The van der Waals surface area contributed by atoms with E-state index in [-0.39, 0.29) is 17.3 Å². The van der Waals surface area contributed by atoms with E-state index in [0.717, 1.165) is 43.7 Å². The van der Waals surface area contributed by atoms with Crippen LogP contribution in [0.15, 0.2) is 63.8 Å². The lowest BCUT2D eigenvalue weighted by Crippen LogP contribution is -2.61. The van der Waals surface area contributed by atoms with Crippen molar-refractivity contribution in [1.29, 1.82) is 0 Å². The summed E-state index contributed by atoms with van der Waals surface area (Å²) in [4.78, 5) is 29.2. The number of carbonyl (C=O) groups excluding carboxylic acids is 1. The van der Waals surface area contributed by atoms with Crippen molar-refractivity contribution in [3.8, 4) is 0 Å². The molecule has 1 atom stereocenters. The first-order valence-corrected chi connectivity index (χ1v) is 10.9. The van der Waals surface area contributed by atoms with Crippen LogP contribution in [0.25, 0.3) is 11.1 Å². The normalized spacial score (nSPS) is 21.8. The quantitative estimate of drug-likeness (QED) is 0.648. The van der Waals surface area contributed by atoms with Crippen LogP contribution >= 0.6 is 0 Å². The SMILES string of the molecule is CC1OC2(CCN(CCn3c(=O)oc4ccccc43)CC2)CN(c2ccccc2)C1=O. The summed E-state index contributed by atoms with van der Waals surface area (Å²) in [5.41, 5.74) is 2.07. The number of carbonyl (C=O) groups is 1. The highest BCUT2D eigenvalue weighted by Crippen LogP contribution is 2.35. The Hall–Kier alpha value is -2.90. The van der Waals surface area contributed by atoms with Gasteiger partial charge in [-0.2, -0.15) is 0 Å². The van der Waals surface area contributed by atoms with Gasteiger partial charge in [0.05, 0.1) is 17.7 Å². The molecule has 0 aliphatic carbocycles. The summed E-state index contributed by atoms with van der Waals surface area (Å²) in [5.74, 6) is -0.290. The van der Waals surface area contributed by atoms with Crippen LogP contribution in [0.2, 0.25) is 0 Å². The zero-order chi connectivity index (χ0) is 21.4. The number of oxazole rings is 1. The molecule has 0 bridgehead atoms. The van der Waals surface area contributed by atoms with Crippen LogP contribution in [0.5, 0.6) is 0 Å². The van der Waals surface area contributed by atoms with Gasteiger partial charge in [-0.05, 0) is 44.0 Å². The number of benzene rings is 2. The van der Waals surface area contributed by atoms with E-state index in [1.54, 1.807) is 4.57 Å². The molecule has 2 aliphatic heterocycles. The Morgan fingerprint density at radius 1 is 0.968 bits per heavy atom. The number of hydrogen-bond donors (Lipinski definition) is 0. The van der Waals surface area contributed by atoms with Crippen LogP contribution in [0, 0.1) is 0 Å². The number of para-hydroxylation sites is 3. The molecule has 1 amide bonds. The van der Waals surface area contributed by atoms with Crippen molar-refractivity contribution in [1.82, 2.24) is 9.47 Å². The summed E-state index contributed by atoms with van der Waals surface area (Å²) in [6.45, 7) is 5.54. The fraction of sp³-hybridized carbons (Fsp3) is 0.417. The average molecular weight is 421 g/mol. The highest BCUT2D eigenvalue weighted by molar-refractivity contribution is 5.97. The van der Waals surface area contributed by atoms with E-state index in [0.29, 0.717) is 18.7 Å². The molecule has 2 saturated heterocycles. The molecule has 2 aliphatic rings. The number of amides is 1. The average Bonchev–Trinajstić information content (AvgIpc) is 3.11. The molecule has 1 spiro atoms. The van der Waals surface area contributed by atoms with Gasteiger partial charge in [-0.3, -0.25) is 9.36 Å². The topological polar surface area (TPSA) is 67.9 Å². The Bertz CT molecular complexity index is 1130. The highest BCUT2D eigenvalue weighted by atomic mass is 16.5. The van der Waals surface area contributed by atoms with E-state index >= 15 is 0 Å². The van der Waals surface area contributed by atoms with E-state index in [4.69, 9.17) is 9.15 Å². The lowest BCUT2D eigenvalue weighted by Gasteiger charge is -2.49. The molecule has 3 heterocycles. The van der Waals surface area contributed by atoms with Crippen LogP contribution in [-0.4, -0.2) is 53.3 Å². The van der Waals surface area contributed by atoms with E-state index < -0.39 is 6.10 Å². The number of anilines is 1. The molecule has 1 aromatic heterocycles. The molecule has 0 N–H and O–H groups in total. The number of aromatic nitrogens is 1. The maximum Gasteiger partial charge on any atom is 0.419 e. The molecular formula is C24H27N3O4. The minimum atomic E-state index is -0.448. The second-order valence-corrected chi connectivity index (χ2v) is 8.53. The van der Waals surface area contributed by atoms with E-state index in [2.05, 4.69) is 4.90 Å². The summed E-state index contributed by atoms with van der Waals surface area (Å²) in [7, 11) is 0. The van der Waals surface area contributed by atoms with Gasteiger partial charge in [-0.15, -0.1) is 0 Å². The molecule has 1 unspecified atom stereocenters. The molecule has 3 aromatic rings. The van der Waals surface area contributed by atoms with Crippen LogP contribution in [0.1, 0.15) is 19.8 Å². The number of fused-ring (bicyclic) bond motifs is 1. The molecule has 2 aromatic carbocycles. The number of likely N-dealkylation sites (tertiary alicyclic amines) is 1. The van der Waals surface area contributed by atoms with Gasteiger partial charge < -0.3 is 19.0 Å². The van der Waals surface area contributed by atoms with Crippen molar-refractivity contribution in [2.75, 3.05) is 31.1 Å². The van der Waals surface area contributed by atoms with Gasteiger partial charge in [-0.1, -0.05) is 30.3 Å². The Labute approximate surface area is 180 Å². The Morgan fingerprint density at radius 3 is 2.45 bits per heavy atom. The molecule has 7 heteroatoms.